The van der Waals surface area contributed by atoms with Crippen LogP contribution in [-0.4, -0.2) is 154 Å². The highest BCUT2D eigenvalue weighted by Crippen LogP contribution is 2.41. The van der Waals surface area contributed by atoms with E-state index < -0.39 is 41.8 Å². The molecule has 0 fully saturated rings. The monoisotopic (exact) mass is 1360 g/mol. The maximum Gasteiger partial charge on any atom is 0.416 e. The number of anilines is 3. The number of rotatable bonds is 9. The first-order valence-corrected chi connectivity index (χ1v) is 35.8. The van der Waals surface area contributed by atoms with Gasteiger partial charge in [-0.25, -0.2) is 47.1 Å². The third-order valence-corrected chi connectivity index (χ3v) is 23.8. The summed E-state index contributed by atoms with van der Waals surface area (Å²) >= 11 is 0. The maximum atomic E-state index is 13.7. The molecule has 9 aromatic rings. The summed E-state index contributed by atoms with van der Waals surface area (Å²) < 4.78 is 126. The number of fused-ring (bicyclic) bond motifs is 6. The number of nitrogens with zero attached hydrogens (tertiary/aromatic N) is 10. The number of halogens is 3. The molecule has 96 heavy (non-hydrogen) atoms. The van der Waals surface area contributed by atoms with Crippen molar-refractivity contribution in [2.45, 2.75) is 78.7 Å². The Kier molecular flexibility index (Phi) is 17.4. The first-order chi connectivity index (χ1) is 45.8. The quantitative estimate of drug-likeness (QED) is 0.142. The molecule has 0 aliphatic carbocycles. The standard InChI is InChI=1S/C25H24F3N3O3S.C23H24N4O3S.C22H22N4O3S/c1-29-11-9-16(10-12-29)21-15-31(23-6-4-18(14-20(21)23)25(26,27)28)35(33,34)19-5-7-22-17(13-19)3-8-24(32)30(22)2;1-25-12-9-16(10-13-25)20-15-27(23-19(20)4-3-11-24-23)31(29,30)18-6-7-21-17(14-18)5-8-22(28)26(21)2;1-25-11-8-15(9-12-25)19-14-26(22-18(19)3-2-10-23-22)30(28,29)17-5-6-20-16(13-17)4-7-21(27)24-20/h4-7,9,13-15H,3,8,10-12H2,1-2H3;3-4,6-7,9,11,14-15H,5,8,10,12-13H2,1-2H3;2-3,5-6,8,10,13-14H,4,7,9,11-12H2,1H3,(H,24,27). The van der Waals surface area contributed by atoms with Gasteiger partial charge in [0, 0.05) is 154 Å². The molecule has 11 heterocycles. The van der Waals surface area contributed by atoms with E-state index >= 15 is 0 Å². The molecule has 0 saturated carbocycles. The molecule has 20 nitrogen and oxygen atoms in total. The highest BCUT2D eigenvalue weighted by atomic mass is 32.2. The number of pyridine rings is 2. The minimum atomic E-state index is -4.55. The number of carbonyl (C=O) groups excluding carboxylic acids is 3. The SMILES string of the molecule is CN1CC=C(c2cn(S(=O)(=O)c3ccc4c(c3)CCC(=O)N4)c3ncccc23)CC1.CN1CC=C(c2cn(S(=O)(=O)c3ccc4c(c3)CCC(=O)N4C)c3ccc(C(F)(F)F)cc23)CC1.CN1CC=C(c2cn(S(=O)(=O)c3ccc4c(c3)CCC(=O)N4C)c3ncccc23)CC1. The molecule has 0 radical (unpaired) electrons. The fraction of sp³-hybridized carbons (Fsp3) is 0.300. The van der Waals surface area contributed by atoms with Gasteiger partial charge in [0.2, 0.25) is 17.7 Å². The minimum absolute atomic E-state index is 0.0275. The lowest BCUT2D eigenvalue weighted by molar-refractivity contribution is -0.137. The smallest absolute Gasteiger partial charge is 0.326 e. The molecule has 1 N–H and O–H groups in total. The number of aromatic nitrogens is 5. The Morgan fingerprint density at radius 2 is 0.865 bits per heavy atom. The second-order valence-electron chi connectivity index (χ2n) is 25.1. The topological polar surface area (TPSA) is 222 Å². The zero-order valence-electron chi connectivity index (χ0n) is 53.5. The van der Waals surface area contributed by atoms with E-state index in [1.54, 1.807) is 92.3 Å². The van der Waals surface area contributed by atoms with Crippen molar-refractivity contribution in [1.82, 2.24) is 36.6 Å². The number of likely N-dealkylation sites (N-methyl/N-ethyl adjacent to an activating group) is 3. The Balaban J connectivity index is 0.000000131. The van der Waals surface area contributed by atoms with Crippen molar-refractivity contribution in [3.8, 4) is 0 Å². The van der Waals surface area contributed by atoms with E-state index in [1.165, 1.54) is 31.2 Å². The third-order valence-electron chi connectivity index (χ3n) is 18.9. The van der Waals surface area contributed by atoms with Crippen LogP contribution in [0.2, 0.25) is 0 Å². The summed E-state index contributed by atoms with van der Waals surface area (Å²) in [4.78, 5) is 54.4. The molecule has 0 saturated heterocycles. The van der Waals surface area contributed by atoms with Crippen LogP contribution in [0.4, 0.5) is 30.2 Å². The Morgan fingerprint density at radius 3 is 1.31 bits per heavy atom. The number of hydrogen-bond acceptors (Lipinski definition) is 14. The van der Waals surface area contributed by atoms with Gasteiger partial charge < -0.3 is 29.8 Å². The van der Waals surface area contributed by atoms with E-state index in [0.29, 0.717) is 73.3 Å². The normalized spacial score (nSPS) is 17.6. The van der Waals surface area contributed by atoms with Gasteiger partial charge in [0.25, 0.3) is 30.1 Å². The second-order valence-corrected chi connectivity index (χ2v) is 30.5. The molecule has 498 valence electrons. The van der Waals surface area contributed by atoms with Crippen molar-refractivity contribution < 1.29 is 52.8 Å². The van der Waals surface area contributed by atoms with E-state index in [9.17, 15) is 52.8 Å². The van der Waals surface area contributed by atoms with E-state index in [0.717, 1.165) is 123 Å². The molecule has 0 unspecified atom stereocenters. The molecular weight excluding hydrogens is 1290 g/mol. The summed E-state index contributed by atoms with van der Waals surface area (Å²) in [6.45, 7) is 4.90. The Hall–Kier alpha value is -9.05. The molecule has 5 aromatic heterocycles. The molecule has 26 heteroatoms. The van der Waals surface area contributed by atoms with Gasteiger partial charge in [-0.15, -0.1) is 0 Å². The molecule has 15 rings (SSSR count). The highest BCUT2D eigenvalue weighted by molar-refractivity contribution is 7.90. The van der Waals surface area contributed by atoms with Crippen LogP contribution in [-0.2, 0) is 69.9 Å². The molecule has 6 aliphatic rings. The van der Waals surface area contributed by atoms with Crippen molar-refractivity contribution in [2.24, 2.45) is 0 Å². The Bertz CT molecular complexity index is 5150. The molecule has 3 amide bonds. The number of alkyl halides is 3. The van der Waals surface area contributed by atoms with Gasteiger partial charge in [0.05, 0.1) is 25.8 Å². The summed E-state index contributed by atoms with van der Waals surface area (Å²) in [5.41, 5.74) is 10.2. The average molecular weight is 1360 g/mol. The zero-order valence-corrected chi connectivity index (χ0v) is 55.9. The minimum Gasteiger partial charge on any atom is -0.326 e. The number of carbonyl (C=O) groups is 3. The molecule has 6 aliphatic heterocycles. The summed E-state index contributed by atoms with van der Waals surface area (Å²) in [6.07, 6.45) is 14.6. The molecule has 0 bridgehead atoms. The van der Waals surface area contributed by atoms with Crippen molar-refractivity contribution in [2.75, 3.05) is 89.6 Å². The predicted octanol–water partition coefficient (Wildman–Crippen LogP) is 10.3. The second kappa shape index (κ2) is 25.5. The van der Waals surface area contributed by atoms with Gasteiger partial charge in [0.1, 0.15) is 0 Å². The highest BCUT2D eigenvalue weighted by Gasteiger charge is 2.34. The molecule has 0 spiro atoms. The van der Waals surface area contributed by atoms with Crippen molar-refractivity contribution >= 4 is 115 Å². The lowest BCUT2D eigenvalue weighted by atomic mass is 9.98. The molecule has 4 aromatic carbocycles. The number of benzene rings is 4. The summed E-state index contributed by atoms with van der Waals surface area (Å²) in [5.74, 6) is -0.0458. The summed E-state index contributed by atoms with van der Waals surface area (Å²) in [6, 6.07) is 25.1. The fourth-order valence-corrected chi connectivity index (χ4v) is 17.4. The van der Waals surface area contributed by atoms with Gasteiger partial charge in [-0.05, 0) is 190 Å². The lowest BCUT2D eigenvalue weighted by Crippen LogP contribution is -2.31. The summed E-state index contributed by atoms with van der Waals surface area (Å²) in [5, 5.41) is 4.72. The van der Waals surface area contributed by atoms with E-state index in [2.05, 4.69) is 56.2 Å². The lowest BCUT2D eigenvalue weighted by Gasteiger charge is -2.26. The molecule has 0 atom stereocenters. The third kappa shape index (κ3) is 12.4. The Labute approximate surface area is 554 Å². The first-order valence-electron chi connectivity index (χ1n) is 31.5. The van der Waals surface area contributed by atoms with E-state index in [4.69, 9.17) is 0 Å². The van der Waals surface area contributed by atoms with Crippen LogP contribution in [0.15, 0.2) is 161 Å². The van der Waals surface area contributed by atoms with E-state index in [1.807, 2.05) is 37.4 Å². The number of hydrogen-bond donors (Lipinski definition) is 1. The van der Waals surface area contributed by atoms with Gasteiger partial charge in [0.15, 0.2) is 11.3 Å². The van der Waals surface area contributed by atoms with Crippen molar-refractivity contribution in [3.05, 3.63) is 185 Å². The van der Waals surface area contributed by atoms with Gasteiger partial charge >= 0.3 is 6.18 Å². The zero-order chi connectivity index (χ0) is 67.8. The predicted molar refractivity (Wildman–Crippen MR) is 364 cm³/mol. The van der Waals surface area contributed by atoms with Crippen LogP contribution in [0.1, 0.15) is 77.5 Å². The number of aryl methyl sites for hydroxylation is 3. The van der Waals surface area contributed by atoms with Gasteiger partial charge in [-0.2, -0.15) is 13.2 Å². The molecular formula is C70H70F3N11O9S3. The van der Waals surface area contributed by atoms with Gasteiger partial charge in [-0.3, -0.25) is 14.4 Å². The van der Waals surface area contributed by atoms with Crippen LogP contribution in [0.25, 0.3) is 49.7 Å². The van der Waals surface area contributed by atoms with Crippen molar-refractivity contribution in [3.63, 3.8) is 0 Å². The van der Waals surface area contributed by atoms with Crippen LogP contribution >= 0.6 is 0 Å². The first kappa shape index (κ1) is 65.6. The fourth-order valence-electron chi connectivity index (χ4n) is 13.3. The van der Waals surface area contributed by atoms with Crippen LogP contribution in [0.5, 0.6) is 0 Å². The largest absolute Gasteiger partial charge is 0.416 e. The van der Waals surface area contributed by atoms with Crippen molar-refractivity contribution in [1.29, 1.82) is 0 Å². The van der Waals surface area contributed by atoms with Crippen LogP contribution in [0.3, 0.4) is 0 Å². The number of nitrogens with one attached hydrogen (secondary N) is 1. The number of amides is 3. The van der Waals surface area contributed by atoms with Crippen LogP contribution < -0.4 is 15.1 Å². The maximum absolute atomic E-state index is 13.7. The van der Waals surface area contributed by atoms with Gasteiger partial charge in [-0.1, -0.05) is 18.2 Å². The van der Waals surface area contributed by atoms with E-state index in [-0.39, 0.29) is 49.7 Å². The van der Waals surface area contributed by atoms with Crippen LogP contribution in [0, 0.1) is 0 Å². The summed E-state index contributed by atoms with van der Waals surface area (Å²) in [7, 11) is -2.34. The average Bonchev–Trinajstić information content (AvgIpc) is 1.60. The Morgan fingerprint density at radius 1 is 0.448 bits per heavy atom.